The SMILES string of the molecule is CCNC1CCN2c3c(cccc31)CCC2C(C)C. The topological polar surface area (TPSA) is 15.3 Å². The Morgan fingerprint density at radius 3 is 2.89 bits per heavy atom. The van der Waals surface area contributed by atoms with E-state index in [1.165, 1.54) is 31.4 Å². The van der Waals surface area contributed by atoms with Crippen molar-refractivity contribution in [1.82, 2.24) is 5.32 Å². The van der Waals surface area contributed by atoms with Gasteiger partial charge in [0.2, 0.25) is 0 Å². The fourth-order valence-corrected chi connectivity index (χ4v) is 3.92. The van der Waals surface area contributed by atoms with Crippen LogP contribution in [0.15, 0.2) is 18.2 Å². The van der Waals surface area contributed by atoms with Crippen molar-refractivity contribution < 1.29 is 0 Å². The van der Waals surface area contributed by atoms with Crippen LogP contribution in [0.5, 0.6) is 0 Å². The van der Waals surface area contributed by atoms with Gasteiger partial charge < -0.3 is 10.2 Å². The number of rotatable bonds is 3. The first-order chi connectivity index (χ1) is 9.22. The number of aryl methyl sites for hydroxylation is 1. The van der Waals surface area contributed by atoms with Gasteiger partial charge in [0, 0.05) is 24.3 Å². The molecule has 2 aliphatic rings. The van der Waals surface area contributed by atoms with E-state index in [9.17, 15) is 0 Å². The molecule has 1 aromatic rings. The zero-order chi connectivity index (χ0) is 13.4. The van der Waals surface area contributed by atoms with Crippen LogP contribution in [0.1, 0.15) is 50.8 Å². The van der Waals surface area contributed by atoms with E-state index < -0.39 is 0 Å². The molecule has 0 saturated heterocycles. The lowest BCUT2D eigenvalue weighted by Crippen LogP contribution is -2.47. The molecular weight excluding hydrogens is 232 g/mol. The average molecular weight is 258 g/mol. The molecule has 0 aromatic heterocycles. The monoisotopic (exact) mass is 258 g/mol. The molecule has 2 atom stereocenters. The minimum atomic E-state index is 0.558. The van der Waals surface area contributed by atoms with Crippen molar-refractivity contribution in [2.45, 2.75) is 52.1 Å². The van der Waals surface area contributed by atoms with Gasteiger partial charge in [0.05, 0.1) is 0 Å². The second kappa shape index (κ2) is 5.16. The highest BCUT2D eigenvalue weighted by atomic mass is 15.2. The summed E-state index contributed by atoms with van der Waals surface area (Å²) in [7, 11) is 0. The first-order valence-electron chi connectivity index (χ1n) is 7.84. The van der Waals surface area contributed by atoms with E-state index in [1.54, 1.807) is 11.3 Å². The van der Waals surface area contributed by atoms with E-state index in [0.29, 0.717) is 6.04 Å². The van der Waals surface area contributed by atoms with Crippen LogP contribution in [0.4, 0.5) is 5.69 Å². The Balaban J connectivity index is 2.02. The number of benzene rings is 1. The second-order valence-corrected chi connectivity index (χ2v) is 6.30. The Morgan fingerprint density at radius 1 is 1.32 bits per heavy atom. The molecule has 0 radical (unpaired) electrons. The lowest BCUT2D eigenvalue weighted by Gasteiger charge is -2.46. The van der Waals surface area contributed by atoms with Gasteiger partial charge in [0.1, 0.15) is 0 Å². The molecule has 19 heavy (non-hydrogen) atoms. The van der Waals surface area contributed by atoms with Crippen LogP contribution < -0.4 is 10.2 Å². The predicted molar refractivity (Wildman–Crippen MR) is 81.8 cm³/mol. The van der Waals surface area contributed by atoms with E-state index in [-0.39, 0.29) is 0 Å². The Bertz CT molecular complexity index is 453. The van der Waals surface area contributed by atoms with Crippen LogP contribution in [-0.4, -0.2) is 19.1 Å². The van der Waals surface area contributed by atoms with Gasteiger partial charge in [-0.05, 0) is 42.9 Å². The van der Waals surface area contributed by atoms with Gasteiger partial charge in [-0.15, -0.1) is 0 Å². The molecular formula is C17H26N2. The van der Waals surface area contributed by atoms with Gasteiger partial charge in [-0.25, -0.2) is 0 Å². The van der Waals surface area contributed by atoms with E-state index >= 15 is 0 Å². The van der Waals surface area contributed by atoms with Crippen molar-refractivity contribution in [2.75, 3.05) is 18.0 Å². The molecule has 0 amide bonds. The molecule has 2 aliphatic heterocycles. The van der Waals surface area contributed by atoms with Crippen molar-refractivity contribution in [1.29, 1.82) is 0 Å². The van der Waals surface area contributed by atoms with Crippen LogP contribution in [0, 0.1) is 5.92 Å². The molecule has 104 valence electrons. The summed E-state index contributed by atoms with van der Waals surface area (Å²) in [5, 5.41) is 3.65. The lowest BCUT2D eigenvalue weighted by atomic mass is 9.83. The highest BCUT2D eigenvalue weighted by Crippen LogP contribution is 2.42. The van der Waals surface area contributed by atoms with Crippen LogP contribution in [0.3, 0.4) is 0 Å². The zero-order valence-electron chi connectivity index (χ0n) is 12.4. The highest BCUT2D eigenvalue weighted by Gasteiger charge is 2.34. The van der Waals surface area contributed by atoms with E-state index in [0.717, 1.165) is 18.5 Å². The molecule has 0 fully saturated rings. The normalized spacial score (nSPS) is 25.6. The Hall–Kier alpha value is -1.02. The number of anilines is 1. The molecule has 2 heteroatoms. The molecule has 0 bridgehead atoms. The number of nitrogens with zero attached hydrogens (tertiary/aromatic N) is 1. The van der Waals surface area contributed by atoms with Crippen LogP contribution in [-0.2, 0) is 6.42 Å². The first kappa shape index (κ1) is 13.0. The van der Waals surface area contributed by atoms with Crippen LogP contribution >= 0.6 is 0 Å². The minimum absolute atomic E-state index is 0.558. The summed E-state index contributed by atoms with van der Waals surface area (Å²) in [6.45, 7) is 9.22. The fourth-order valence-electron chi connectivity index (χ4n) is 3.92. The molecule has 1 aromatic carbocycles. The van der Waals surface area contributed by atoms with Gasteiger partial charge in [-0.1, -0.05) is 39.0 Å². The number of hydrogen-bond donors (Lipinski definition) is 1. The minimum Gasteiger partial charge on any atom is -0.368 e. The lowest BCUT2D eigenvalue weighted by molar-refractivity contribution is 0.381. The maximum atomic E-state index is 3.65. The van der Waals surface area contributed by atoms with Crippen molar-refractivity contribution in [3.63, 3.8) is 0 Å². The molecule has 0 saturated carbocycles. The summed E-state index contributed by atoms with van der Waals surface area (Å²) in [6.07, 6.45) is 3.81. The Labute approximate surface area is 117 Å². The average Bonchev–Trinajstić information content (AvgIpc) is 2.42. The maximum Gasteiger partial charge on any atom is 0.0449 e. The highest BCUT2D eigenvalue weighted by molar-refractivity contribution is 5.64. The van der Waals surface area contributed by atoms with Gasteiger partial charge in [0.25, 0.3) is 0 Å². The molecule has 3 rings (SSSR count). The number of para-hydroxylation sites is 1. The third-order valence-corrected chi connectivity index (χ3v) is 4.80. The van der Waals surface area contributed by atoms with Gasteiger partial charge in [-0.3, -0.25) is 0 Å². The largest absolute Gasteiger partial charge is 0.368 e. The fraction of sp³-hybridized carbons (Fsp3) is 0.647. The number of nitrogens with one attached hydrogen (secondary N) is 1. The summed E-state index contributed by atoms with van der Waals surface area (Å²) in [5.41, 5.74) is 4.66. The number of hydrogen-bond acceptors (Lipinski definition) is 2. The van der Waals surface area contributed by atoms with Gasteiger partial charge in [0.15, 0.2) is 0 Å². The third kappa shape index (κ3) is 2.16. The smallest absolute Gasteiger partial charge is 0.0449 e. The van der Waals surface area contributed by atoms with Crippen molar-refractivity contribution >= 4 is 5.69 Å². The van der Waals surface area contributed by atoms with Crippen molar-refractivity contribution in [3.05, 3.63) is 29.3 Å². The standard InChI is InChI=1S/C17H26N2/c1-4-18-15-10-11-19-16(12(2)3)9-8-13-6-5-7-14(15)17(13)19/h5-7,12,15-16,18H,4,8-11H2,1-3H3. The molecule has 2 heterocycles. The third-order valence-electron chi connectivity index (χ3n) is 4.80. The first-order valence-corrected chi connectivity index (χ1v) is 7.84. The van der Waals surface area contributed by atoms with Crippen LogP contribution in [0.25, 0.3) is 0 Å². The summed E-state index contributed by atoms with van der Waals surface area (Å²) < 4.78 is 0. The van der Waals surface area contributed by atoms with E-state index in [4.69, 9.17) is 0 Å². The molecule has 1 N–H and O–H groups in total. The zero-order valence-corrected chi connectivity index (χ0v) is 12.4. The van der Waals surface area contributed by atoms with Crippen LogP contribution in [0.2, 0.25) is 0 Å². The van der Waals surface area contributed by atoms with Crippen molar-refractivity contribution in [3.8, 4) is 0 Å². The molecule has 0 spiro atoms. The summed E-state index contributed by atoms with van der Waals surface area (Å²) >= 11 is 0. The Kier molecular flexibility index (Phi) is 3.53. The Morgan fingerprint density at radius 2 is 2.16 bits per heavy atom. The van der Waals surface area contributed by atoms with Crippen molar-refractivity contribution in [2.24, 2.45) is 5.92 Å². The van der Waals surface area contributed by atoms with Gasteiger partial charge >= 0.3 is 0 Å². The molecule has 0 aliphatic carbocycles. The summed E-state index contributed by atoms with van der Waals surface area (Å²) in [4.78, 5) is 2.70. The quantitative estimate of drug-likeness (QED) is 0.892. The predicted octanol–water partition coefficient (Wildman–Crippen LogP) is 3.52. The van der Waals surface area contributed by atoms with Gasteiger partial charge in [-0.2, -0.15) is 0 Å². The maximum absolute atomic E-state index is 3.65. The molecule has 2 nitrogen and oxygen atoms in total. The van der Waals surface area contributed by atoms with E-state index in [2.05, 4.69) is 49.2 Å². The second-order valence-electron chi connectivity index (χ2n) is 6.30. The summed E-state index contributed by atoms with van der Waals surface area (Å²) in [6, 6.07) is 8.20. The summed E-state index contributed by atoms with van der Waals surface area (Å²) in [5.74, 6) is 0.747. The van der Waals surface area contributed by atoms with E-state index in [1.807, 2.05) is 0 Å². The molecule has 2 unspecified atom stereocenters.